The van der Waals surface area contributed by atoms with E-state index in [4.69, 9.17) is 14.0 Å². The zero-order chi connectivity index (χ0) is 50.1. The van der Waals surface area contributed by atoms with E-state index in [9.17, 15) is 43.0 Å². The van der Waals surface area contributed by atoms with Gasteiger partial charge < -0.3 is 39.7 Å². The zero-order valence-electron chi connectivity index (χ0n) is 41.4. The van der Waals surface area contributed by atoms with E-state index in [1.165, 1.54) is 36.2 Å². The van der Waals surface area contributed by atoms with E-state index in [0.29, 0.717) is 45.1 Å². The molecular weight excluding hydrogens is 884 g/mol. The molecule has 0 bridgehead atoms. The van der Waals surface area contributed by atoms with Crippen molar-refractivity contribution in [3.05, 3.63) is 48.0 Å². The van der Waals surface area contributed by atoms with Crippen molar-refractivity contribution in [2.75, 3.05) is 41.4 Å². The molecule has 0 radical (unpaired) electrons. The molecule has 1 fully saturated rings. The van der Waals surface area contributed by atoms with Crippen LogP contribution in [-0.4, -0.2) is 150 Å². The number of ether oxygens (including phenoxy) is 2. The summed E-state index contributed by atoms with van der Waals surface area (Å²) in [7, 11) is 2.82. The number of hydrogen-bond donors (Lipinski definition) is 3. The summed E-state index contributed by atoms with van der Waals surface area (Å²) in [6.07, 6.45) is 3.70. The molecule has 2 aliphatic rings. The Hall–Kier alpha value is -4.48. The first-order chi connectivity index (χ1) is 31.7. The van der Waals surface area contributed by atoms with Gasteiger partial charge in [-0.1, -0.05) is 91.6 Å². The molecule has 1 aromatic rings. The van der Waals surface area contributed by atoms with E-state index in [-0.39, 0.29) is 73.1 Å². The molecule has 3 N–H and O–H groups in total. The minimum atomic E-state index is -3.39. The van der Waals surface area contributed by atoms with Gasteiger partial charge in [-0.2, -0.15) is 0 Å². The van der Waals surface area contributed by atoms with Crippen molar-refractivity contribution in [2.24, 2.45) is 23.7 Å². The molecule has 18 nitrogen and oxygen atoms in total. The van der Waals surface area contributed by atoms with Crippen molar-refractivity contribution in [1.82, 2.24) is 30.2 Å². The largest absolute Gasteiger partial charge is 0.379 e. The molecule has 1 saturated heterocycles. The SMILES string of the molecule is CCC(C)[C@@H]([C@@H](CC(=O)N1CCC[C@H]1[C@H](OC)[C@H](C)C(=O)NC(Cc1ccccc1)O[PH](=O)O)OC)N(C)C(=O)[C@@H](NC(=O)[C@H](C(C)C)N(C)C(=O)CCCCCN1C(=O)C=CC1=O)C(C)C. The first-order valence-electron chi connectivity index (χ1n) is 23.6. The molecule has 3 rings (SSSR count). The summed E-state index contributed by atoms with van der Waals surface area (Å²) in [5, 5.41) is 5.71. The zero-order valence-corrected chi connectivity index (χ0v) is 42.4. The highest BCUT2D eigenvalue weighted by Crippen LogP contribution is 2.30. The van der Waals surface area contributed by atoms with Crippen LogP contribution in [0.25, 0.3) is 0 Å². The van der Waals surface area contributed by atoms with Gasteiger partial charge in [0.05, 0.1) is 36.6 Å². The van der Waals surface area contributed by atoms with Gasteiger partial charge in [-0.15, -0.1) is 0 Å². The number of methoxy groups -OCH3 is 2. The molecule has 67 heavy (non-hydrogen) atoms. The number of rotatable bonds is 28. The summed E-state index contributed by atoms with van der Waals surface area (Å²) in [6, 6.07) is 6.21. The van der Waals surface area contributed by atoms with Crippen LogP contribution >= 0.6 is 8.25 Å². The molecule has 1 aromatic carbocycles. The van der Waals surface area contributed by atoms with Crippen LogP contribution in [0.15, 0.2) is 42.5 Å². The Labute approximate surface area is 397 Å². The molecule has 7 amide bonds. The molecule has 376 valence electrons. The van der Waals surface area contributed by atoms with Crippen LogP contribution in [0.3, 0.4) is 0 Å². The third kappa shape index (κ3) is 16.1. The number of nitrogens with one attached hydrogen (secondary N) is 2. The lowest BCUT2D eigenvalue weighted by Gasteiger charge is -2.41. The van der Waals surface area contributed by atoms with Crippen molar-refractivity contribution in [3.8, 4) is 0 Å². The maximum absolute atomic E-state index is 14.6. The monoisotopic (exact) mass is 961 g/mol. The molecule has 0 saturated carbocycles. The van der Waals surface area contributed by atoms with Gasteiger partial charge in [0.15, 0.2) is 0 Å². The fourth-order valence-corrected chi connectivity index (χ4v) is 9.66. The van der Waals surface area contributed by atoms with Crippen molar-refractivity contribution < 1.29 is 57.0 Å². The third-order valence-corrected chi connectivity index (χ3v) is 13.7. The van der Waals surface area contributed by atoms with E-state index in [1.807, 2.05) is 71.9 Å². The second kappa shape index (κ2) is 27.5. The van der Waals surface area contributed by atoms with E-state index >= 15 is 0 Å². The number of likely N-dealkylation sites (tertiary alicyclic amines) is 1. The Kier molecular flexibility index (Phi) is 23.3. The lowest BCUT2D eigenvalue weighted by atomic mass is 9.89. The van der Waals surface area contributed by atoms with Crippen molar-refractivity contribution >= 4 is 49.6 Å². The molecule has 2 heterocycles. The van der Waals surface area contributed by atoms with E-state index in [2.05, 4.69) is 10.6 Å². The lowest BCUT2D eigenvalue weighted by molar-refractivity contribution is -0.148. The van der Waals surface area contributed by atoms with Gasteiger partial charge >= 0.3 is 8.25 Å². The second-order valence-electron chi connectivity index (χ2n) is 18.6. The topological polar surface area (TPSA) is 222 Å². The number of imide groups is 1. The summed E-state index contributed by atoms with van der Waals surface area (Å²) < 4.78 is 28.9. The van der Waals surface area contributed by atoms with Crippen LogP contribution in [-0.2, 0) is 58.5 Å². The van der Waals surface area contributed by atoms with Crippen molar-refractivity contribution in [3.63, 3.8) is 0 Å². The molecule has 10 atom stereocenters. The Balaban J connectivity index is 1.72. The predicted octanol–water partition coefficient (Wildman–Crippen LogP) is 4.10. The Morgan fingerprint density at radius 2 is 1.51 bits per heavy atom. The van der Waals surface area contributed by atoms with Crippen LogP contribution in [0.2, 0.25) is 0 Å². The van der Waals surface area contributed by atoms with Crippen LogP contribution in [0.1, 0.15) is 105 Å². The Morgan fingerprint density at radius 1 is 0.866 bits per heavy atom. The maximum atomic E-state index is 14.6. The van der Waals surface area contributed by atoms with Gasteiger partial charge in [-0.05, 0) is 49.0 Å². The molecule has 0 spiro atoms. The summed E-state index contributed by atoms with van der Waals surface area (Å²) >= 11 is 0. The summed E-state index contributed by atoms with van der Waals surface area (Å²) in [5.74, 6) is -4.04. The molecule has 19 heteroatoms. The molecular formula is C48H77N6O12P. The molecule has 0 aliphatic carbocycles. The summed E-state index contributed by atoms with van der Waals surface area (Å²) in [5.41, 5.74) is 0.796. The van der Waals surface area contributed by atoms with Gasteiger partial charge in [-0.25, -0.2) is 0 Å². The predicted molar refractivity (Wildman–Crippen MR) is 253 cm³/mol. The van der Waals surface area contributed by atoms with E-state index in [0.717, 1.165) is 5.56 Å². The highest BCUT2D eigenvalue weighted by Gasteiger charge is 2.43. The van der Waals surface area contributed by atoms with Crippen molar-refractivity contribution in [1.29, 1.82) is 0 Å². The van der Waals surface area contributed by atoms with Gasteiger partial charge in [0.25, 0.3) is 11.8 Å². The number of carbonyl (C=O) groups is 7. The second-order valence-corrected chi connectivity index (χ2v) is 19.3. The first-order valence-corrected chi connectivity index (χ1v) is 24.9. The van der Waals surface area contributed by atoms with E-state index < -0.39 is 68.6 Å². The highest BCUT2D eigenvalue weighted by atomic mass is 31.1. The fraction of sp³-hybridized carbons (Fsp3) is 0.688. The minimum Gasteiger partial charge on any atom is -0.379 e. The van der Waals surface area contributed by atoms with Gasteiger partial charge in [0.1, 0.15) is 18.3 Å². The van der Waals surface area contributed by atoms with Crippen LogP contribution < -0.4 is 10.6 Å². The molecule has 3 unspecified atom stereocenters. The normalized spacial score (nSPS) is 19.1. The standard InChI is InChI=1S/C48H77N6O12P/c1-12-32(6)44(52(9)48(61)42(30(2)3)50-47(60)43(31(4)5)51(8)38(55)23-17-14-18-26-54-39(56)24-25-40(54)57)36(64-10)29-41(58)53-27-19-22-35(53)45(65-11)33(7)46(59)49-37(66-67(62)63)28-34-20-15-13-16-21-34/h13,15-16,20-21,24-25,30-33,35-37,42-45,67H,12,14,17-19,22-23,26-29H2,1-11H3,(H,49,59)(H,50,60)(H,62,63)/t32?,33-,35-,36+,37?,42-,43-,44-,45+/m0/s1. The number of likely N-dealkylation sites (N-methyl/N-ethyl adjacent to an activating group) is 2. The number of hydrogen-bond acceptors (Lipinski definition) is 11. The van der Waals surface area contributed by atoms with Crippen LogP contribution in [0.4, 0.5) is 0 Å². The summed E-state index contributed by atoms with van der Waals surface area (Å²) in [4.78, 5) is 109. The quantitative estimate of drug-likeness (QED) is 0.0468. The average Bonchev–Trinajstić information content (AvgIpc) is 3.90. The number of unbranched alkanes of at least 4 members (excludes halogenated alkanes) is 2. The van der Waals surface area contributed by atoms with Gasteiger partial charge in [0, 0.05) is 66.4 Å². The number of nitrogens with zero attached hydrogens (tertiary/aromatic N) is 4. The third-order valence-electron chi connectivity index (χ3n) is 13.2. The van der Waals surface area contributed by atoms with E-state index in [1.54, 1.807) is 30.8 Å². The first kappa shape index (κ1) is 56.8. The maximum Gasteiger partial charge on any atom is 0.318 e. The Bertz CT molecular complexity index is 1870. The van der Waals surface area contributed by atoms with Crippen LogP contribution in [0.5, 0.6) is 0 Å². The minimum absolute atomic E-state index is 0.0822. The van der Waals surface area contributed by atoms with Gasteiger partial charge in [0.2, 0.25) is 29.5 Å². The number of amides is 7. The van der Waals surface area contributed by atoms with Crippen molar-refractivity contribution in [2.45, 2.75) is 149 Å². The highest BCUT2D eigenvalue weighted by molar-refractivity contribution is 7.32. The van der Waals surface area contributed by atoms with Crippen LogP contribution in [0, 0.1) is 23.7 Å². The smallest absolute Gasteiger partial charge is 0.318 e. The Morgan fingerprint density at radius 3 is 2.06 bits per heavy atom. The average molecular weight is 961 g/mol. The van der Waals surface area contributed by atoms with Gasteiger partial charge in [-0.3, -0.25) is 47.6 Å². The fourth-order valence-electron chi connectivity index (χ4n) is 9.27. The number of benzene rings is 1. The summed E-state index contributed by atoms with van der Waals surface area (Å²) in [6.45, 7) is 13.7. The molecule has 2 aliphatic heterocycles. The lowest BCUT2D eigenvalue weighted by Crippen LogP contribution is -2.60. The number of carbonyl (C=O) groups excluding carboxylic acids is 7. The molecule has 0 aromatic heterocycles.